The minimum atomic E-state index is 0.982. The van der Waals surface area contributed by atoms with Gasteiger partial charge in [0.1, 0.15) is 0 Å². The molecule has 0 N–H and O–H groups in total. The molecular weight excluding hydrogens is 168 g/mol. The third-order valence-corrected chi connectivity index (χ3v) is 2.93. The lowest BCUT2D eigenvalue weighted by molar-refractivity contribution is 0.427. The molecule has 0 spiro atoms. The van der Waals surface area contributed by atoms with E-state index in [0.29, 0.717) is 0 Å². The van der Waals surface area contributed by atoms with Gasteiger partial charge in [-0.3, -0.25) is 0 Å². The monoisotopic (exact) mass is 178 g/mol. The summed E-state index contributed by atoms with van der Waals surface area (Å²) in [5.41, 5.74) is 1.29. The van der Waals surface area contributed by atoms with E-state index in [-0.39, 0.29) is 0 Å². The van der Waals surface area contributed by atoms with Crippen molar-refractivity contribution >= 4 is 21.4 Å². The molecule has 0 aliphatic carbocycles. The molecule has 0 atom stereocenters. The Bertz CT molecular complexity index is 403. The summed E-state index contributed by atoms with van der Waals surface area (Å²) in [6, 6.07) is 8.51. The van der Waals surface area contributed by atoms with Gasteiger partial charge in [-0.25, -0.2) is 0 Å². The molecule has 1 aromatic heterocycles. The number of ether oxygens (including phenoxy) is 1. The van der Waals surface area contributed by atoms with Gasteiger partial charge in [0.25, 0.3) is 0 Å². The van der Waals surface area contributed by atoms with Gasteiger partial charge in [-0.15, -0.1) is 0 Å². The summed E-state index contributed by atoms with van der Waals surface area (Å²) < 4.78 is 6.45. The maximum Gasteiger partial charge on any atom is 0.174 e. The second kappa shape index (κ2) is 2.79. The number of thiophene rings is 1. The van der Waals surface area contributed by atoms with Crippen LogP contribution in [-0.2, 0) is 0 Å². The molecule has 0 aliphatic heterocycles. The van der Waals surface area contributed by atoms with E-state index < -0.39 is 0 Å². The van der Waals surface area contributed by atoms with E-state index in [1.54, 1.807) is 18.4 Å². The lowest BCUT2D eigenvalue weighted by Crippen LogP contribution is -1.73. The van der Waals surface area contributed by atoms with Gasteiger partial charge in [-0.05, 0) is 24.4 Å². The predicted octanol–water partition coefficient (Wildman–Crippen LogP) is 3.22. The van der Waals surface area contributed by atoms with Crippen molar-refractivity contribution in [3.63, 3.8) is 0 Å². The fourth-order valence-corrected chi connectivity index (χ4v) is 2.10. The first kappa shape index (κ1) is 7.62. The van der Waals surface area contributed by atoms with Crippen LogP contribution in [-0.4, -0.2) is 7.11 Å². The van der Waals surface area contributed by atoms with Gasteiger partial charge < -0.3 is 4.74 Å². The molecule has 1 nitrogen and oxygen atoms in total. The number of aryl methyl sites for hydroxylation is 1. The van der Waals surface area contributed by atoms with Crippen molar-refractivity contribution in [3.05, 3.63) is 29.8 Å². The van der Waals surface area contributed by atoms with Crippen molar-refractivity contribution in [3.8, 4) is 5.06 Å². The highest BCUT2D eigenvalue weighted by Crippen LogP contribution is 2.31. The molecule has 0 bridgehead atoms. The summed E-state index contributed by atoms with van der Waals surface area (Å²) in [7, 11) is 1.71. The van der Waals surface area contributed by atoms with Crippen LogP contribution in [0.5, 0.6) is 5.06 Å². The van der Waals surface area contributed by atoms with Crippen LogP contribution in [0.1, 0.15) is 5.56 Å². The average molecular weight is 178 g/mol. The first-order chi connectivity index (χ1) is 5.79. The molecule has 2 aromatic rings. The van der Waals surface area contributed by atoms with E-state index >= 15 is 0 Å². The highest BCUT2D eigenvalue weighted by atomic mass is 32.1. The van der Waals surface area contributed by atoms with Gasteiger partial charge in [0, 0.05) is 4.70 Å². The fraction of sp³-hybridized carbons (Fsp3) is 0.200. The molecule has 0 aliphatic rings. The summed E-state index contributed by atoms with van der Waals surface area (Å²) >= 11 is 1.68. The Kier molecular flexibility index (Phi) is 1.77. The molecule has 0 amide bonds. The Balaban J connectivity index is 2.67. The van der Waals surface area contributed by atoms with Crippen molar-refractivity contribution in [2.24, 2.45) is 0 Å². The van der Waals surface area contributed by atoms with Gasteiger partial charge >= 0.3 is 0 Å². The van der Waals surface area contributed by atoms with Crippen LogP contribution in [0.3, 0.4) is 0 Å². The maximum atomic E-state index is 5.16. The van der Waals surface area contributed by atoms with Crippen LogP contribution in [0.2, 0.25) is 0 Å². The average Bonchev–Trinajstić information content (AvgIpc) is 2.46. The normalized spacial score (nSPS) is 10.5. The number of methoxy groups -OCH3 is 1. The lowest BCUT2D eigenvalue weighted by Gasteiger charge is -1.89. The third-order valence-electron chi connectivity index (χ3n) is 1.85. The number of benzene rings is 1. The van der Waals surface area contributed by atoms with Crippen LogP contribution in [0.15, 0.2) is 24.3 Å². The number of hydrogen-bond donors (Lipinski definition) is 0. The van der Waals surface area contributed by atoms with Crippen molar-refractivity contribution in [1.29, 1.82) is 0 Å². The summed E-state index contributed by atoms with van der Waals surface area (Å²) in [6.45, 7) is 2.10. The summed E-state index contributed by atoms with van der Waals surface area (Å²) in [6.07, 6.45) is 0. The van der Waals surface area contributed by atoms with Crippen LogP contribution in [0, 0.1) is 6.92 Å². The first-order valence-corrected chi connectivity index (χ1v) is 4.65. The zero-order chi connectivity index (χ0) is 8.55. The second-order valence-electron chi connectivity index (χ2n) is 2.81. The Hall–Kier alpha value is -1.02. The Morgan fingerprint density at radius 2 is 2.08 bits per heavy atom. The molecule has 0 radical (unpaired) electrons. The molecule has 0 fully saturated rings. The minimum Gasteiger partial charge on any atom is -0.487 e. The van der Waals surface area contributed by atoms with Gasteiger partial charge in [0.05, 0.1) is 7.11 Å². The zero-order valence-corrected chi connectivity index (χ0v) is 7.94. The molecule has 0 unspecified atom stereocenters. The SMILES string of the molecule is COc1cc2cc(C)ccc2s1. The van der Waals surface area contributed by atoms with Crippen LogP contribution >= 0.6 is 11.3 Å². The number of rotatable bonds is 1. The predicted molar refractivity (Wildman–Crippen MR) is 53.1 cm³/mol. The van der Waals surface area contributed by atoms with Crippen molar-refractivity contribution in [2.45, 2.75) is 6.92 Å². The Morgan fingerprint density at radius 3 is 2.83 bits per heavy atom. The van der Waals surface area contributed by atoms with Crippen molar-refractivity contribution in [1.82, 2.24) is 0 Å². The van der Waals surface area contributed by atoms with E-state index in [1.165, 1.54) is 15.6 Å². The summed E-state index contributed by atoms with van der Waals surface area (Å²) in [4.78, 5) is 0. The molecule has 1 heterocycles. The second-order valence-corrected chi connectivity index (χ2v) is 3.86. The lowest BCUT2D eigenvalue weighted by atomic mass is 10.2. The van der Waals surface area contributed by atoms with Crippen LogP contribution in [0.25, 0.3) is 10.1 Å². The highest BCUT2D eigenvalue weighted by Gasteiger charge is 2.00. The largest absolute Gasteiger partial charge is 0.487 e. The Labute approximate surface area is 75.6 Å². The van der Waals surface area contributed by atoms with E-state index in [1.807, 2.05) is 0 Å². The quantitative estimate of drug-likeness (QED) is 0.651. The summed E-state index contributed by atoms with van der Waals surface area (Å²) in [5, 5.41) is 2.26. The smallest absolute Gasteiger partial charge is 0.174 e. The molecule has 1 aromatic carbocycles. The topological polar surface area (TPSA) is 9.23 Å². The minimum absolute atomic E-state index is 0.982. The Morgan fingerprint density at radius 1 is 1.25 bits per heavy atom. The highest BCUT2D eigenvalue weighted by molar-refractivity contribution is 7.20. The fourth-order valence-electron chi connectivity index (χ4n) is 1.24. The standard InChI is InChI=1S/C10H10OS/c1-7-3-4-9-8(5-7)6-10(11-2)12-9/h3-6H,1-2H3. The van der Waals surface area contributed by atoms with Crippen LogP contribution in [0.4, 0.5) is 0 Å². The van der Waals surface area contributed by atoms with Crippen molar-refractivity contribution in [2.75, 3.05) is 7.11 Å². The molecule has 12 heavy (non-hydrogen) atoms. The van der Waals surface area contributed by atoms with Crippen molar-refractivity contribution < 1.29 is 4.74 Å². The summed E-state index contributed by atoms with van der Waals surface area (Å²) in [5.74, 6) is 0. The molecule has 62 valence electrons. The van der Waals surface area contributed by atoms with E-state index in [4.69, 9.17) is 4.74 Å². The molecule has 0 saturated heterocycles. The number of fused-ring (bicyclic) bond motifs is 1. The molecule has 2 rings (SSSR count). The van der Waals surface area contributed by atoms with Gasteiger partial charge in [0.2, 0.25) is 0 Å². The third kappa shape index (κ3) is 1.18. The molecule has 2 heteroatoms. The molecule has 0 saturated carbocycles. The van der Waals surface area contributed by atoms with Crippen LogP contribution < -0.4 is 4.74 Å². The van der Waals surface area contributed by atoms with E-state index in [2.05, 4.69) is 31.2 Å². The van der Waals surface area contributed by atoms with Gasteiger partial charge in [-0.2, -0.15) is 0 Å². The first-order valence-electron chi connectivity index (χ1n) is 3.84. The van der Waals surface area contributed by atoms with Gasteiger partial charge in [-0.1, -0.05) is 29.0 Å². The number of hydrogen-bond acceptors (Lipinski definition) is 2. The van der Waals surface area contributed by atoms with E-state index in [9.17, 15) is 0 Å². The van der Waals surface area contributed by atoms with Gasteiger partial charge in [0.15, 0.2) is 5.06 Å². The van der Waals surface area contributed by atoms with E-state index in [0.717, 1.165) is 5.06 Å². The molecular formula is C10H10OS. The maximum absolute atomic E-state index is 5.16. The zero-order valence-electron chi connectivity index (χ0n) is 7.13.